The van der Waals surface area contributed by atoms with Gasteiger partial charge >= 0.3 is 6.16 Å². The lowest BCUT2D eigenvalue weighted by Gasteiger charge is -2.17. The van der Waals surface area contributed by atoms with E-state index in [0.29, 0.717) is 11.6 Å². The van der Waals surface area contributed by atoms with Gasteiger partial charge in [0.05, 0.1) is 12.8 Å². The zero-order valence-corrected chi connectivity index (χ0v) is 18.3. The predicted octanol–water partition coefficient (Wildman–Crippen LogP) is 6.10. The first-order chi connectivity index (χ1) is 14.5. The van der Waals surface area contributed by atoms with Crippen molar-refractivity contribution in [2.24, 2.45) is 11.1 Å². The van der Waals surface area contributed by atoms with Crippen LogP contribution >= 0.6 is 0 Å². The van der Waals surface area contributed by atoms with E-state index in [9.17, 15) is 4.79 Å². The number of aromatic nitrogens is 1. The standard InChI is InChI=1S/C24H31N3O3/c1-5-7-8-17(6-2)15-27-22-11-9-18(16(3)26-30-24(28)29-4)13-20(22)21-14-19(25)10-12-23(21)27/h9-14,17H,5-8,15,25H2,1-4H3/b26-16+. The molecule has 1 atom stereocenters. The van der Waals surface area contributed by atoms with E-state index < -0.39 is 6.16 Å². The molecule has 3 aromatic rings. The van der Waals surface area contributed by atoms with Crippen LogP contribution in [-0.4, -0.2) is 23.5 Å². The maximum Gasteiger partial charge on any atom is 0.534 e. The number of ether oxygens (including phenoxy) is 1. The minimum absolute atomic E-state index is 0.599. The average Bonchev–Trinajstić information content (AvgIpc) is 3.06. The van der Waals surface area contributed by atoms with Gasteiger partial charge in [-0.05, 0) is 55.2 Å². The Balaban J connectivity index is 2.07. The zero-order valence-electron chi connectivity index (χ0n) is 18.3. The van der Waals surface area contributed by atoms with Crippen molar-refractivity contribution in [3.8, 4) is 0 Å². The van der Waals surface area contributed by atoms with Gasteiger partial charge in [0.15, 0.2) is 0 Å². The van der Waals surface area contributed by atoms with Gasteiger partial charge < -0.3 is 15.0 Å². The van der Waals surface area contributed by atoms with Crippen molar-refractivity contribution in [2.75, 3.05) is 12.8 Å². The highest BCUT2D eigenvalue weighted by Crippen LogP contribution is 2.33. The van der Waals surface area contributed by atoms with Crippen molar-refractivity contribution < 1.29 is 14.4 Å². The Morgan fingerprint density at radius 3 is 2.50 bits per heavy atom. The number of nitrogens with two attached hydrogens (primary N) is 1. The van der Waals surface area contributed by atoms with Gasteiger partial charge in [0.25, 0.3) is 0 Å². The molecule has 0 aliphatic rings. The smallest absolute Gasteiger partial charge is 0.436 e. The summed E-state index contributed by atoms with van der Waals surface area (Å²) in [5, 5.41) is 6.12. The molecule has 0 fully saturated rings. The van der Waals surface area contributed by atoms with Gasteiger partial charge in [-0.25, -0.2) is 4.79 Å². The number of hydrogen-bond donors (Lipinski definition) is 1. The molecule has 6 heteroatoms. The van der Waals surface area contributed by atoms with Crippen LogP contribution in [0.1, 0.15) is 52.0 Å². The van der Waals surface area contributed by atoms with Crippen LogP contribution in [0.3, 0.4) is 0 Å². The molecular formula is C24H31N3O3. The third-order valence-corrected chi connectivity index (χ3v) is 5.71. The normalized spacial score (nSPS) is 13.0. The van der Waals surface area contributed by atoms with Gasteiger partial charge in [-0.1, -0.05) is 44.3 Å². The molecule has 0 saturated carbocycles. The van der Waals surface area contributed by atoms with Crippen molar-refractivity contribution in [1.82, 2.24) is 4.57 Å². The molecule has 3 rings (SSSR count). The highest BCUT2D eigenvalue weighted by Gasteiger charge is 2.16. The van der Waals surface area contributed by atoms with E-state index >= 15 is 0 Å². The minimum Gasteiger partial charge on any atom is -0.436 e. The summed E-state index contributed by atoms with van der Waals surface area (Å²) in [6.45, 7) is 7.30. The van der Waals surface area contributed by atoms with Crippen LogP contribution in [0.25, 0.3) is 21.8 Å². The van der Waals surface area contributed by atoms with Crippen LogP contribution in [0.2, 0.25) is 0 Å². The van der Waals surface area contributed by atoms with E-state index in [4.69, 9.17) is 10.6 Å². The fraction of sp³-hybridized carbons (Fsp3) is 0.417. The lowest BCUT2D eigenvalue weighted by Crippen LogP contribution is -2.10. The van der Waals surface area contributed by atoms with Crippen LogP contribution in [-0.2, 0) is 16.1 Å². The number of nitrogens with zero attached hydrogens (tertiary/aromatic N) is 2. The molecule has 0 bridgehead atoms. The maximum absolute atomic E-state index is 11.2. The van der Waals surface area contributed by atoms with Crippen molar-refractivity contribution >= 4 is 39.4 Å². The number of fused-ring (bicyclic) bond motifs is 3. The fourth-order valence-electron chi connectivity index (χ4n) is 3.91. The van der Waals surface area contributed by atoms with Crippen LogP contribution in [0.15, 0.2) is 41.6 Å². The van der Waals surface area contributed by atoms with E-state index in [1.54, 1.807) is 6.92 Å². The van der Waals surface area contributed by atoms with Crippen LogP contribution in [0.5, 0.6) is 0 Å². The summed E-state index contributed by atoms with van der Waals surface area (Å²) in [6.07, 6.45) is 4.03. The van der Waals surface area contributed by atoms with Crippen LogP contribution in [0.4, 0.5) is 10.5 Å². The molecule has 0 spiro atoms. The molecule has 2 N–H and O–H groups in total. The SMILES string of the molecule is CCCCC(CC)Cn1c2ccc(N)cc2c2cc(/C(C)=N/OC(=O)OC)ccc21. The Hall–Kier alpha value is -3.02. The molecular weight excluding hydrogens is 378 g/mol. The molecule has 0 amide bonds. The number of nitrogen functional groups attached to an aromatic ring is 1. The number of carbonyl (C=O) groups excluding carboxylic acids is 1. The summed E-state index contributed by atoms with van der Waals surface area (Å²) >= 11 is 0. The molecule has 0 saturated heterocycles. The first-order valence-electron chi connectivity index (χ1n) is 10.6. The molecule has 1 aromatic heterocycles. The summed E-state index contributed by atoms with van der Waals surface area (Å²) in [5.74, 6) is 0.637. The van der Waals surface area contributed by atoms with Gasteiger partial charge in [-0.2, -0.15) is 0 Å². The Labute approximate surface area is 177 Å². The monoisotopic (exact) mass is 409 g/mol. The highest BCUT2D eigenvalue weighted by molar-refractivity contribution is 6.12. The van der Waals surface area contributed by atoms with Gasteiger partial charge in [0, 0.05) is 34.0 Å². The fourth-order valence-corrected chi connectivity index (χ4v) is 3.91. The Morgan fingerprint density at radius 2 is 1.83 bits per heavy atom. The number of methoxy groups -OCH3 is 1. The molecule has 160 valence electrons. The average molecular weight is 410 g/mol. The van der Waals surface area contributed by atoms with E-state index in [0.717, 1.165) is 35.0 Å². The molecule has 1 heterocycles. The second kappa shape index (κ2) is 9.65. The lowest BCUT2D eigenvalue weighted by molar-refractivity contribution is 0.0753. The Kier molecular flexibility index (Phi) is 6.98. The number of carbonyl (C=O) groups is 1. The van der Waals surface area contributed by atoms with Crippen molar-refractivity contribution in [3.63, 3.8) is 0 Å². The molecule has 6 nitrogen and oxygen atoms in total. The molecule has 0 aliphatic heterocycles. The van der Waals surface area contributed by atoms with Crippen molar-refractivity contribution in [1.29, 1.82) is 0 Å². The number of unbranched alkanes of at least 4 members (excludes halogenated alkanes) is 1. The quantitative estimate of drug-likeness (QED) is 0.160. The number of oxime groups is 1. The Morgan fingerprint density at radius 1 is 1.13 bits per heavy atom. The lowest BCUT2D eigenvalue weighted by atomic mass is 9.99. The zero-order chi connectivity index (χ0) is 21.7. The summed E-state index contributed by atoms with van der Waals surface area (Å²) in [5.41, 5.74) is 10.7. The number of anilines is 1. The topological polar surface area (TPSA) is 78.8 Å². The number of rotatable bonds is 8. The summed E-state index contributed by atoms with van der Waals surface area (Å²) in [7, 11) is 1.25. The summed E-state index contributed by atoms with van der Waals surface area (Å²) in [4.78, 5) is 16.0. The Bertz CT molecular complexity index is 1070. The summed E-state index contributed by atoms with van der Waals surface area (Å²) < 4.78 is 6.88. The number of benzene rings is 2. The van der Waals surface area contributed by atoms with E-state index in [1.807, 2.05) is 18.2 Å². The minimum atomic E-state index is -0.836. The predicted molar refractivity (Wildman–Crippen MR) is 123 cm³/mol. The summed E-state index contributed by atoms with van der Waals surface area (Å²) in [6, 6.07) is 12.3. The first kappa shape index (κ1) is 21.7. The van der Waals surface area contributed by atoms with Gasteiger partial charge in [-0.3, -0.25) is 4.84 Å². The molecule has 2 aromatic carbocycles. The molecule has 1 unspecified atom stereocenters. The maximum atomic E-state index is 11.2. The molecule has 30 heavy (non-hydrogen) atoms. The van der Waals surface area contributed by atoms with E-state index in [-0.39, 0.29) is 0 Å². The number of hydrogen-bond acceptors (Lipinski definition) is 5. The van der Waals surface area contributed by atoms with Gasteiger partial charge in [0.1, 0.15) is 0 Å². The van der Waals surface area contributed by atoms with Crippen molar-refractivity contribution in [2.45, 2.75) is 53.0 Å². The molecule has 0 radical (unpaired) electrons. The highest BCUT2D eigenvalue weighted by atomic mass is 16.8. The largest absolute Gasteiger partial charge is 0.534 e. The second-order valence-electron chi connectivity index (χ2n) is 7.76. The van der Waals surface area contributed by atoms with Crippen LogP contribution < -0.4 is 5.73 Å². The van der Waals surface area contributed by atoms with E-state index in [1.165, 1.54) is 37.4 Å². The second-order valence-corrected chi connectivity index (χ2v) is 7.76. The van der Waals surface area contributed by atoms with Crippen molar-refractivity contribution in [3.05, 3.63) is 42.0 Å². The van der Waals surface area contributed by atoms with Crippen LogP contribution in [0, 0.1) is 5.92 Å². The molecule has 0 aliphatic carbocycles. The van der Waals surface area contributed by atoms with E-state index in [2.05, 4.69) is 46.5 Å². The first-order valence-corrected chi connectivity index (χ1v) is 10.6. The third kappa shape index (κ3) is 4.58. The third-order valence-electron chi connectivity index (χ3n) is 5.71. The van der Waals surface area contributed by atoms with Gasteiger partial charge in [-0.15, -0.1) is 0 Å². The van der Waals surface area contributed by atoms with Gasteiger partial charge in [0.2, 0.25) is 0 Å².